The highest BCUT2D eigenvalue weighted by molar-refractivity contribution is 7.91. The molecular formula is C14H22N2O2S. The summed E-state index contributed by atoms with van der Waals surface area (Å²) in [5.41, 5.74) is 2.26. The number of nitrogens with one attached hydrogen (secondary N) is 1. The Labute approximate surface area is 115 Å². The van der Waals surface area contributed by atoms with Gasteiger partial charge in [-0.25, -0.2) is 8.42 Å². The maximum Gasteiger partial charge on any atom is 0.150 e. The van der Waals surface area contributed by atoms with Gasteiger partial charge in [-0.05, 0) is 37.4 Å². The molecule has 0 amide bonds. The minimum absolute atomic E-state index is 0.192. The Morgan fingerprint density at radius 3 is 2.74 bits per heavy atom. The highest BCUT2D eigenvalue weighted by Crippen LogP contribution is 2.23. The Morgan fingerprint density at radius 2 is 2.26 bits per heavy atom. The highest BCUT2D eigenvalue weighted by Gasteiger charge is 2.33. The van der Waals surface area contributed by atoms with Crippen LogP contribution in [0.15, 0.2) is 18.3 Å². The summed E-state index contributed by atoms with van der Waals surface area (Å²) in [6.45, 7) is 2.11. The van der Waals surface area contributed by atoms with E-state index in [0.29, 0.717) is 11.5 Å². The average molecular weight is 282 g/mol. The lowest BCUT2D eigenvalue weighted by Crippen LogP contribution is -2.36. The fourth-order valence-electron chi connectivity index (χ4n) is 2.66. The van der Waals surface area contributed by atoms with Crippen LogP contribution < -0.4 is 5.32 Å². The summed E-state index contributed by atoms with van der Waals surface area (Å²) >= 11 is 0. The second-order valence-corrected chi connectivity index (χ2v) is 7.50. The Bertz CT molecular complexity index is 511. The summed E-state index contributed by atoms with van der Waals surface area (Å²) in [4.78, 5) is 4.46. The van der Waals surface area contributed by atoms with Crippen LogP contribution in [-0.4, -0.2) is 38.0 Å². The van der Waals surface area contributed by atoms with E-state index in [1.165, 1.54) is 5.56 Å². The number of aromatic nitrogens is 1. The first-order chi connectivity index (χ1) is 9.04. The molecule has 1 fully saturated rings. The van der Waals surface area contributed by atoms with Gasteiger partial charge in [0.25, 0.3) is 0 Å². The minimum atomic E-state index is -2.81. The fourth-order valence-corrected chi connectivity index (χ4v) is 4.54. The lowest BCUT2D eigenvalue weighted by atomic mass is 9.95. The lowest BCUT2D eigenvalue weighted by Gasteiger charge is -2.21. The van der Waals surface area contributed by atoms with Crippen molar-refractivity contribution in [1.29, 1.82) is 0 Å². The molecule has 4 nitrogen and oxygen atoms in total. The number of nitrogens with zero attached hydrogens (tertiary/aromatic N) is 1. The van der Waals surface area contributed by atoms with Crippen LogP contribution in [0, 0.1) is 5.92 Å². The molecule has 0 radical (unpaired) electrons. The SMILES string of the molecule is CCc1ccc(CC(NC)C2CCS(=O)(=O)C2)nc1. The highest BCUT2D eigenvalue weighted by atomic mass is 32.2. The molecule has 0 spiro atoms. The minimum Gasteiger partial charge on any atom is -0.316 e. The second-order valence-electron chi connectivity index (χ2n) is 5.27. The zero-order valence-corrected chi connectivity index (χ0v) is 12.4. The molecule has 1 N–H and O–H groups in total. The monoisotopic (exact) mass is 282 g/mol. The third-order valence-corrected chi connectivity index (χ3v) is 5.72. The average Bonchev–Trinajstić information content (AvgIpc) is 2.77. The first-order valence-corrected chi connectivity index (χ1v) is 8.67. The van der Waals surface area contributed by atoms with Crippen LogP contribution in [0.4, 0.5) is 0 Å². The van der Waals surface area contributed by atoms with E-state index in [4.69, 9.17) is 0 Å². The largest absolute Gasteiger partial charge is 0.316 e. The second kappa shape index (κ2) is 6.01. The molecule has 1 aromatic heterocycles. The quantitative estimate of drug-likeness (QED) is 0.882. The Morgan fingerprint density at radius 1 is 1.47 bits per heavy atom. The van der Waals surface area contributed by atoms with Gasteiger partial charge in [0.15, 0.2) is 9.84 Å². The Kier molecular flexibility index (Phi) is 4.58. The number of hydrogen-bond acceptors (Lipinski definition) is 4. The third kappa shape index (κ3) is 3.76. The van der Waals surface area contributed by atoms with Crippen molar-refractivity contribution in [2.45, 2.75) is 32.2 Å². The van der Waals surface area contributed by atoms with E-state index in [0.717, 1.165) is 25.0 Å². The molecule has 1 aliphatic heterocycles. The van der Waals surface area contributed by atoms with Gasteiger partial charge in [0.1, 0.15) is 0 Å². The van der Waals surface area contributed by atoms with Crippen molar-refractivity contribution >= 4 is 9.84 Å². The van der Waals surface area contributed by atoms with Crippen molar-refractivity contribution in [3.63, 3.8) is 0 Å². The van der Waals surface area contributed by atoms with E-state index >= 15 is 0 Å². The number of hydrogen-bond donors (Lipinski definition) is 1. The summed E-state index contributed by atoms with van der Waals surface area (Å²) in [5, 5.41) is 3.25. The number of rotatable bonds is 5. The lowest BCUT2D eigenvalue weighted by molar-refractivity contribution is 0.400. The van der Waals surface area contributed by atoms with E-state index in [2.05, 4.69) is 23.3 Å². The van der Waals surface area contributed by atoms with Gasteiger partial charge in [0, 0.05) is 24.4 Å². The molecule has 5 heteroatoms. The molecule has 1 aromatic rings. The first kappa shape index (κ1) is 14.5. The van der Waals surface area contributed by atoms with Crippen LogP contribution in [0.1, 0.15) is 24.6 Å². The molecule has 2 rings (SSSR count). The van der Waals surface area contributed by atoms with Crippen LogP contribution in [-0.2, 0) is 22.7 Å². The molecule has 2 atom stereocenters. The van der Waals surface area contributed by atoms with Gasteiger partial charge in [0.2, 0.25) is 0 Å². The molecule has 0 saturated carbocycles. The topological polar surface area (TPSA) is 59.1 Å². The number of sulfone groups is 1. The Balaban J connectivity index is 2.02. The molecule has 0 aromatic carbocycles. The van der Waals surface area contributed by atoms with Crippen molar-refractivity contribution in [2.75, 3.05) is 18.6 Å². The maximum absolute atomic E-state index is 11.6. The summed E-state index contributed by atoms with van der Waals surface area (Å²) in [6, 6.07) is 4.34. The van der Waals surface area contributed by atoms with Crippen LogP contribution in [0.2, 0.25) is 0 Å². The summed E-state index contributed by atoms with van der Waals surface area (Å²) in [5.74, 6) is 0.853. The van der Waals surface area contributed by atoms with Gasteiger partial charge in [-0.15, -0.1) is 0 Å². The van der Waals surface area contributed by atoms with E-state index in [-0.39, 0.29) is 12.0 Å². The van der Waals surface area contributed by atoms with Crippen LogP contribution >= 0.6 is 0 Å². The summed E-state index contributed by atoms with van der Waals surface area (Å²) < 4.78 is 23.1. The van der Waals surface area contributed by atoms with Crippen molar-refractivity contribution in [1.82, 2.24) is 10.3 Å². The van der Waals surface area contributed by atoms with Gasteiger partial charge < -0.3 is 5.32 Å². The summed E-state index contributed by atoms with van der Waals surface area (Å²) in [6.07, 6.45) is 4.46. The number of pyridine rings is 1. The van der Waals surface area contributed by atoms with Crippen LogP contribution in [0.25, 0.3) is 0 Å². The summed E-state index contributed by atoms with van der Waals surface area (Å²) in [7, 11) is -0.915. The zero-order chi connectivity index (χ0) is 13.9. The van der Waals surface area contributed by atoms with Gasteiger partial charge in [-0.1, -0.05) is 13.0 Å². The van der Waals surface area contributed by atoms with Crippen LogP contribution in [0.3, 0.4) is 0 Å². The van der Waals surface area contributed by atoms with Crippen molar-refractivity contribution < 1.29 is 8.42 Å². The molecule has 1 saturated heterocycles. The third-order valence-electron chi connectivity index (χ3n) is 3.93. The van der Waals surface area contributed by atoms with Gasteiger partial charge in [-0.3, -0.25) is 4.98 Å². The first-order valence-electron chi connectivity index (χ1n) is 6.85. The van der Waals surface area contributed by atoms with E-state index in [1.807, 2.05) is 19.3 Å². The van der Waals surface area contributed by atoms with Gasteiger partial charge >= 0.3 is 0 Å². The molecule has 0 bridgehead atoms. The van der Waals surface area contributed by atoms with Gasteiger partial charge in [-0.2, -0.15) is 0 Å². The normalized spacial score (nSPS) is 23.4. The van der Waals surface area contributed by atoms with E-state index < -0.39 is 9.84 Å². The van der Waals surface area contributed by atoms with E-state index in [9.17, 15) is 8.42 Å². The van der Waals surface area contributed by atoms with Crippen molar-refractivity contribution in [3.8, 4) is 0 Å². The molecule has 0 aliphatic carbocycles. The molecular weight excluding hydrogens is 260 g/mol. The molecule has 2 unspecified atom stereocenters. The molecule has 1 aliphatic rings. The van der Waals surface area contributed by atoms with Gasteiger partial charge in [0.05, 0.1) is 11.5 Å². The predicted octanol–water partition coefficient (Wildman–Crippen LogP) is 1.21. The van der Waals surface area contributed by atoms with E-state index in [1.54, 1.807) is 0 Å². The smallest absolute Gasteiger partial charge is 0.150 e. The predicted molar refractivity (Wildman–Crippen MR) is 76.9 cm³/mol. The van der Waals surface area contributed by atoms with Crippen LogP contribution in [0.5, 0.6) is 0 Å². The Hall–Kier alpha value is -0.940. The standard InChI is InChI=1S/C14H22N2O2S/c1-3-11-4-5-13(16-9-11)8-14(15-2)12-6-7-19(17,18)10-12/h4-5,9,12,14-15H,3,6-8,10H2,1-2H3. The molecule has 19 heavy (non-hydrogen) atoms. The zero-order valence-electron chi connectivity index (χ0n) is 11.6. The molecule has 106 valence electrons. The van der Waals surface area contributed by atoms with Crippen molar-refractivity contribution in [2.24, 2.45) is 5.92 Å². The molecule has 2 heterocycles. The maximum atomic E-state index is 11.6. The fraction of sp³-hybridized carbons (Fsp3) is 0.643. The van der Waals surface area contributed by atoms with Crippen molar-refractivity contribution in [3.05, 3.63) is 29.6 Å². The number of aryl methyl sites for hydroxylation is 1. The number of likely N-dealkylation sites (N-methyl/N-ethyl adjacent to an activating group) is 1.